The molecule has 0 N–H and O–H groups in total. The first-order chi connectivity index (χ1) is 17.3. The van der Waals surface area contributed by atoms with E-state index in [4.69, 9.17) is 9.52 Å². The van der Waals surface area contributed by atoms with Gasteiger partial charge in [-0.2, -0.15) is 5.10 Å². The van der Waals surface area contributed by atoms with Gasteiger partial charge in [-0.1, -0.05) is 48.5 Å². The van der Waals surface area contributed by atoms with Gasteiger partial charge in [0.15, 0.2) is 0 Å². The predicted octanol–water partition coefficient (Wildman–Crippen LogP) is 6.94. The first-order valence-corrected chi connectivity index (χ1v) is 12.2. The molecule has 1 aliphatic rings. The molecule has 0 aliphatic carbocycles. The molecule has 0 spiro atoms. The van der Waals surface area contributed by atoms with E-state index >= 15 is 0 Å². The van der Waals surface area contributed by atoms with Gasteiger partial charge in [-0.3, -0.25) is 0 Å². The van der Waals surface area contributed by atoms with Crippen molar-refractivity contribution in [3.8, 4) is 0 Å². The summed E-state index contributed by atoms with van der Waals surface area (Å²) in [6.07, 6.45) is 7.55. The Kier molecular flexibility index (Phi) is 6.75. The standard InChI is InChI=1S/C30H30N4O/c1-3-33(4-2)25-17-15-24(16-18-25)30-29(23-11-6-5-7-12-23)27(20-19-26-13-10-22-35-26)32-34(30)28-14-8-9-21-31-28/h5-22,29-30H,3-4H2,1-2H3. The highest BCUT2D eigenvalue weighted by molar-refractivity contribution is 6.05. The molecule has 176 valence electrons. The third-order valence-corrected chi connectivity index (χ3v) is 6.49. The van der Waals surface area contributed by atoms with Gasteiger partial charge in [0.1, 0.15) is 11.6 Å². The fraction of sp³-hybridized carbons (Fsp3) is 0.200. The summed E-state index contributed by atoms with van der Waals surface area (Å²) >= 11 is 0. The van der Waals surface area contributed by atoms with Crippen molar-refractivity contribution in [1.29, 1.82) is 0 Å². The smallest absolute Gasteiger partial charge is 0.149 e. The number of allylic oxidation sites excluding steroid dienone is 1. The Morgan fingerprint density at radius 2 is 1.60 bits per heavy atom. The summed E-state index contributed by atoms with van der Waals surface area (Å²) < 4.78 is 5.54. The maximum Gasteiger partial charge on any atom is 0.149 e. The summed E-state index contributed by atoms with van der Waals surface area (Å²) in [5.41, 5.74) is 4.62. The van der Waals surface area contributed by atoms with Crippen molar-refractivity contribution >= 4 is 23.3 Å². The van der Waals surface area contributed by atoms with E-state index < -0.39 is 0 Å². The SMILES string of the molecule is CCN(CC)c1ccc(C2C(c3ccccc3)C(C=Cc3ccco3)=NN2c2ccccn2)cc1. The number of furan rings is 1. The van der Waals surface area contributed by atoms with Gasteiger partial charge in [-0.15, -0.1) is 0 Å². The average molecular weight is 463 g/mol. The van der Waals surface area contributed by atoms with Crippen molar-refractivity contribution in [3.05, 3.63) is 120 Å². The van der Waals surface area contributed by atoms with Gasteiger partial charge in [0, 0.05) is 25.0 Å². The monoisotopic (exact) mass is 462 g/mol. The second-order valence-electron chi connectivity index (χ2n) is 8.50. The van der Waals surface area contributed by atoms with E-state index in [0.717, 1.165) is 30.4 Å². The maximum absolute atomic E-state index is 5.54. The zero-order chi connectivity index (χ0) is 24.0. The fourth-order valence-electron chi connectivity index (χ4n) is 4.74. The normalized spacial score (nSPS) is 17.7. The van der Waals surface area contributed by atoms with Crippen LogP contribution in [0.1, 0.15) is 42.7 Å². The van der Waals surface area contributed by atoms with Crippen LogP contribution in [0, 0.1) is 0 Å². The summed E-state index contributed by atoms with van der Waals surface area (Å²) in [4.78, 5) is 7.01. The van der Waals surface area contributed by atoms with E-state index in [-0.39, 0.29) is 12.0 Å². The van der Waals surface area contributed by atoms with E-state index in [1.54, 1.807) is 6.26 Å². The summed E-state index contributed by atoms with van der Waals surface area (Å²) in [7, 11) is 0. The van der Waals surface area contributed by atoms with Crippen LogP contribution in [0.25, 0.3) is 6.08 Å². The molecule has 3 heterocycles. The molecule has 2 atom stereocenters. The van der Waals surface area contributed by atoms with Crippen LogP contribution in [0.3, 0.4) is 0 Å². The summed E-state index contributed by atoms with van der Waals surface area (Å²) in [6.45, 7) is 6.34. The van der Waals surface area contributed by atoms with Gasteiger partial charge in [0.2, 0.25) is 0 Å². The Morgan fingerprint density at radius 1 is 0.829 bits per heavy atom. The molecule has 0 amide bonds. The zero-order valence-corrected chi connectivity index (χ0v) is 20.2. The maximum atomic E-state index is 5.54. The van der Waals surface area contributed by atoms with Gasteiger partial charge < -0.3 is 9.32 Å². The quantitative estimate of drug-likeness (QED) is 0.285. The van der Waals surface area contributed by atoms with Crippen molar-refractivity contribution < 1.29 is 4.42 Å². The number of hydrogen-bond donors (Lipinski definition) is 0. The molecule has 1 aliphatic heterocycles. The topological polar surface area (TPSA) is 44.9 Å². The first kappa shape index (κ1) is 22.7. The molecule has 0 bridgehead atoms. The van der Waals surface area contributed by atoms with Gasteiger partial charge in [0.25, 0.3) is 0 Å². The molecule has 0 saturated heterocycles. The molecule has 0 radical (unpaired) electrons. The van der Waals surface area contributed by atoms with Crippen LogP contribution >= 0.6 is 0 Å². The van der Waals surface area contributed by atoms with Crippen molar-refractivity contribution in [2.75, 3.05) is 23.0 Å². The lowest BCUT2D eigenvalue weighted by Crippen LogP contribution is -2.25. The van der Waals surface area contributed by atoms with Crippen LogP contribution in [0.4, 0.5) is 11.5 Å². The van der Waals surface area contributed by atoms with Crippen molar-refractivity contribution in [3.63, 3.8) is 0 Å². The molecule has 2 unspecified atom stereocenters. The molecule has 5 nitrogen and oxygen atoms in total. The van der Waals surface area contributed by atoms with Crippen LogP contribution in [0.5, 0.6) is 0 Å². The highest BCUT2D eigenvalue weighted by Crippen LogP contribution is 2.44. The summed E-state index contributed by atoms with van der Waals surface area (Å²) in [6, 6.07) is 29.3. The molecular formula is C30H30N4O. The lowest BCUT2D eigenvalue weighted by molar-refractivity contribution is 0.557. The molecule has 2 aromatic heterocycles. The minimum atomic E-state index is -0.0331. The van der Waals surface area contributed by atoms with Gasteiger partial charge in [0.05, 0.1) is 23.9 Å². The van der Waals surface area contributed by atoms with E-state index in [9.17, 15) is 0 Å². The number of hydrogen-bond acceptors (Lipinski definition) is 5. The Bertz CT molecular complexity index is 1260. The molecule has 2 aromatic carbocycles. The largest absolute Gasteiger partial charge is 0.465 e. The van der Waals surface area contributed by atoms with E-state index in [1.165, 1.54) is 16.8 Å². The Balaban J connectivity index is 1.61. The fourth-order valence-corrected chi connectivity index (χ4v) is 4.74. The highest BCUT2D eigenvalue weighted by Gasteiger charge is 2.39. The predicted molar refractivity (Wildman–Crippen MR) is 144 cm³/mol. The van der Waals surface area contributed by atoms with Crippen molar-refractivity contribution in [1.82, 2.24) is 4.98 Å². The Morgan fingerprint density at radius 3 is 2.26 bits per heavy atom. The molecule has 5 rings (SSSR count). The van der Waals surface area contributed by atoms with Crippen LogP contribution in [-0.4, -0.2) is 23.8 Å². The molecule has 5 heteroatoms. The van der Waals surface area contributed by atoms with Crippen LogP contribution < -0.4 is 9.91 Å². The second-order valence-corrected chi connectivity index (χ2v) is 8.50. The van der Waals surface area contributed by atoms with E-state index in [1.807, 2.05) is 42.6 Å². The van der Waals surface area contributed by atoms with Crippen molar-refractivity contribution in [2.24, 2.45) is 5.10 Å². The van der Waals surface area contributed by atoms with Crippen LogP contribution in [-0.2, 0) is 0 Å². The van der Waals surface area contributed by atoms with Crippen molar-refractivity contribution in [2.45, 2.75) is 25.8 Å². The van der Waals surface area contributed by atoms with Gasteiger partial charge in [-0.25, -0.2) is 9.99 Å². The second kappa shape index (κ2) is 10.4. The van der Waals surface area contributed by atoms with Gasteiger partial charge >= 0.3 is 0 Å². The number of benzene rings is 2. The molecule has 4 aromatic rings. The number of pyridine rings is 1. The number of nitrogens with zero attached hydrogens (tertiary/aromatic N) is 4. The van der Waals surface area contributed by atoms with Gasteiger partial charge in [-0.05, 0) is 73.5 Å². The average Bonchev–Trinajstić information content (AvgIpc) is 3.58. The minimum Gasteiger partial charge on any atom is -0.465 e. The molecule has 0 fully saturated rings. The third kappa shape index (κ3) is 4.76. The zero-order valence-electron chi connectivity index (χ0n) is 20.2. The number of anilines is 2. The van der Waals surface area contributed by atoms with E-state index in [2.05, 4.69) is 89.4 Å². The molecule has 35 heavy (non-hydrogen) atoms. The number of hydrazone groups is 1. The van der Waals surface area contributed by atoms with Crippen LogP contribution in [0.15, 0.2) is 113 Å². The third-order valence-electron chi connectivity index (χ3n) is 6.49. The summed E-state index contributed by atoms with van der Waals surface area (Å²) in [5.74, 6) is 1.66. The minimum absolute atomic E-state index is 0.0312. The number of aromatic nitrogens is 1. The molecular weight excluding hydrogens is 432 g/mol. The number of rotatable bonds is 8. The molecule has 0 saturated carbocycles. The lowest BCUT2D eigenvalue weighted by Gasteiger charge is -2.29. The highest BCUT2D eigenvalue weighted by atomic mass is 16.3. The Labute approximate surface area is 207 Å². The summed E-state index contributed by atoms with van der Waals surface area (Å²) in [5, 5.41) is 7.17. The van der Waals surface area contributed by atoms with Crippen LogP contribution in [0.2, 0.25) is 0 Å². The first-order valence-electron chi connectivity index (χ1n) is 12.2. The Hall–Kier alpha value is -4.12. The van der Waals surface area contributed by atoms with E-state index in [0.29, 0.717) is 0 Å². The lowest BCUT2D eigenvalue weighted by atomic mass is 9.84.